The van der Waals surface area contributed by atoms with Crippen molar-refractivity contribution in [2.45, 2.75) is 6.54 Å². The number of nitrogens with two attached hydrogens (primary N) is 1. The number of benzene rings is 2. The van der Waals surface area contributed by atoms with Crippen molar-refractivity contribution in [2.75, 3.05) is 11.9 Å². The average Bonchev–Trinajstić information content (AvgIpc) is 2.41. The van der Waals surface area contributed by atoms with Crippen LogP contribution in [0.1, 0.15) is 5.56 Å². The molecule has 2 N–H and O–H groups in total. The molecule has 0 spiro atoms. The second kappa shape index (κ2) is 5.32. The van der Waals surface area contributed by atoms with Gasteiger partial charge in [-0.15, -0.1) is 0 Å². The van der Waals surface area contributed by atoms with Crippen LogP contribution in [0.5, 0.6) is 0 Å². The van der Waals surface area contributed by atoms with E-state index in [1.54, 1.807) is 6.07 Å². The highest BCUT2D eigenvalue weighted by atomic mass is 19.2. The maximum absolute atomic E-state index is 13.9. The minimum absolute atomic E-state index is 0.0281. The zero-order valence-electron chi connectivity index (χ0n) is 10.3. The number of rotatable bonds is 3. The molecule has 2 nitrogen and oxygen atoms in total. The van der Waals surface area contributed by atoms with Gasteiger partial charge in [0.2, 0.25) is 0 Å². The fourth-order valence-corrected chi connectivity index (χ4v) is 1.82. The van der Waals surface area contributed by atoms with Gasteiger partial charge in [0.1, 0.15) is 5.82 Å². The molecule has 0 saturated heterocycles. The van der Waals surface area contributed by atoms with Crippen molar-refractivity contribution in [3.05, 3.63) is 59.4 Å². The Kier molecular flexibility index (Phi) is 3.76. The number of anilines is 2. The molecule has 2 rings (SSSR count). The van der Waals surface area contributed by atoms with Crippen LogP contribution >= 0.6 is 0 Å². The minimum atomic E-state index is -0.991. The van der Waals surface area contributed by atoms with Gasteiger partial charge in [-0.2, -0.15) is 0 Å². The summed E-state index contributed by atoms with van der Waals surface area (Å²) in [5.41, 5.74) is 5.87. The molecule has 5 heteroatoms. The lowest BCUT2D eigenvalue weighted by Crippen LogP contribution is -2.13. The molecule has 0 radical (unpaired) electrons. The number of halogens is 3. The predicted molar refractivity (Wildman–Crippen MR) is 68.7 cm³/mol. The summed E-state index contributed by atoms with van der Waals surface area (Å²) >= 11 is 0. The van der Waals surface area contributed by atoms with Crippen LogP contribution in [-0.2, 0) is 6.54 Å². The molecule has 0 unspecified atom stereocenters. The maximum atomic E-state index is 13.9. The van der Waals surface area contributed by atoms with E-state index >= 15 is 0 Å². The highest BCUT2D eigenvalue weighted by molar-refractivity contribution is 5.63. The van der Waals surface area contributed by atoms with Gasteiger partial charge in [-0.1, -0.05) is 12.1 Å². The lowest BCUT2D eigenvalue weighted by molar-refractivity contribution is 0.500. The summed E-state index contributed by atoms with van der Waals surface area (Å²) in [5.74, 6) is -2.40. The fourth-order valence-electron chi connectivity index (χ4n) is 1.82. The average molecular weight is 266 g/mol. The molecule has 0 saturated carbocycles. The van der Waals surface area contributed by atoms with Crippen LogP contribution in [-0.4, -0.2) is 7.05 Å². The lowest BCUT2D eigenvalue weighted by Gasteiger charge is -2.21. The van der Waals surface area contributed by atoms with Crippen LogP contribution in [0.4, 0.5) is 24.5 Å². The summed E-state index contributed by atoms with van der Waals surface area (Å²) in [5, 5.41) is 0. The molecule has 0 atom stereocenters. The fraction of sp³-hybridized carbons (Fsp3) is 0.143. The van der Waals surface area contributed by atoms with E-state index in [4.69, 9.17) is 5.73 Å². The lowest BCUT2D eigenvalue weighted by atomic mass is 10.1. The van der Waals surface area contributed by atoms with Crippen molar-refractivity contribution < 1.29 is 13.2 Å². The van der Waals surface area contributed by atoms with Gasteiger partial charge in [0, 0.05) is 24.8 Å². The summed E-state index contributed by atoms with van der Waals surface area (Å²) in [6.45, 7) is -0.0767. The molecule has 0 aliphatic carbocycles. The molecular formula is C14H13F3N2. The van der Waals surface area contributed by atoms with Crippen LogP contribution < -0.4 is 10.6 Å². The van der Waals surface area contributed by atoms with E-state index in [0.29, 0.717) is 5.69 Å². The van der Waals surface area contributed by atoms with E-state index in [0.717, 1.165) is 0 Å². The Balaban J connectivity index is 2.45. The molecule has 100 valence electrons. The van der Waals surface area contributed by atoms with Gasteiger partial charge in [0.25, 0.3) is 0 Å². The SMILES string of the molecule is CN(c1cccc(F)c1)c1ccc(CN)c(F)c1F. The Labute approximate surface area is 109 Å². The van der Waals surface area contributed by atoms with Crippen molar-refractivity contribution in [1.82, 2.24) is 0 Å². The molecule has 0 heterocycles. The highest BCUT2D eigenvalue weighted by Gasteiger charge is 2.16. The summed E-state index contributed by atoms with van der Waals surface area (Å²) in [6.07, 6.45) is 0. The first-order chi connectivity index (χ1) is 9.04. The van der Waals surface area contributed by atoms with Crippen LogP contribution in [0.15, 0.2) is 36.4 Å². The number of nitrogens with zero attached hydrogens (tertiary/aromatic N) is 1. The minimum Gasteiger partial charge on any atom is -0.342 e. The summed E-state index contributed by atoms with van der Waals surface area (Å²) in [4.78, 5) is 1.38. The molecule has 0 aliphatic heterocycles. The third-order valence-electron chi connectivity index (χ3n) is 2.92. The van der Waals surface area contributed by atoms with Gasteiger partial charge in [-0.3, -0.25) is 0 Å². The van der Waals surface area contributed by atoms with Gasteiger partial charge in [-0.25, -0.2) is 13.2 Å². The predicted octanol–water partition coefficient (Wildman–Crippen LogP) is 3.33. The highest BCUT2D eigenvalue weighted by Crippen LogP contribution is 2.29. The Morgan fingerprint density at radius 2 is 1.79 bits per heavy atom. The Morgan fingerprint density at radius 1 is 1.05 bits per heavy atom. The van der Waals surface area contributed by atoms with Crippen LogP contribution in [0, 0.1) is 17.5 Å². The zero-order valence-corrected chi connectivity index (χ0v) is 10.3. The monoisotopic (exact) mass is 266 g/mol. The van der Waals surface area contributed by atoms with Crippen molar-refractivity contribution >= 4 is 11.4 Å². The molecule has 2 aromatic rings. The first-order valence-electron chi connectivity index (χ1n) is 5.71. The van der Waals surface area contributed by atoms with Gasteiger partial charge >= 0.3 is 0 Å². The van der Waals surface area contributed by atoms with E-state index in [9.17, 15) is 13.2 Å². The standard InChI is InChI=1S/C14H13F3N2/c1-19(11-4-2-3-10(15)7-11)12-6-5-9(8-18)13(16)14(12)17/h2-7H,8,18H2,1H3. The normalized spacial score (nSPS) is 10.6. The molecule has 2 aromatic carbocycles. The van der Waals surface area contributed by atoms with E-state index in [-0.39, 0.29) is 17.8 Å². The van der Waals surface area contributed by atoms with Crippen molar-refractivity contribution in [3.63, 3.8) is 0 Å². The first kappa shape index (κ1) is 13.4. The first-order valence-corrected chi connectivity index (χ1v) is 5.71. The number of hydrogen-bond donors (Lipinski definition) is 1. The second-order valence-electron chi connectivity index (χ2n) is 4.11. The van der Waals surface area contributed by atoms with E-state index in [1.165, 1.54) is 42.3 Å². The molecule has 0 fully saturated rings. The Morgan fingerprint density at radius 3 is 2.42 bits per heavy atom. The van der Waals surface area contributed by atoms with Crippen LogP contribution in [0.3, 0.4) is 0 Å². The van der Waals surface area contributed by atoms with E-state index in [2.05, 4.69) is 0 Å². The van der Waals surface area contributed by atoms with Crippen molar-refractivity contribution in [1.29, 1.82) is 0 Å². The summed E-state index contributed by atoms with van der Waals surface area (Å²) in [6, 6.07) is 8.48. The van der Waals surface area contributed by atoms with E-state index in [1.807, 2.05) is 0 Å². The molecule has 0 amide bonds. The third kappa shape index (κ3) is 2.56. The summed E-state index contributed by atoms with van der Waals surface area (Å²) < 4.78 is 40.7. The van der Waals surface area contributed by atoms with Gasteiger partial charge in [0.15, 0.2) is 11.6 Å². The van der Waals surface area contributed by atoms with Crippen molar-refractivity contribution in [2.24, 2.45) is 5.73 Å². The molecule has 0 bridgehead atoms. The van der Waals surface area contributed by atoms with Crippen LogP contribution in [0.2, 0.25) is 0 Å². The molecular weight excluding hydrogens is 253 g/mol. The molecule has 0 aromatic heterocycles. The quantitative estimate of drug-likeness (QED) is 0.923. The van der Waals surface area contributed by atoms with Crippen molar-refractivity contribution in [3.8, 4) is 0 Å². The van der Waals surface area contributed by atoms with Gasteiger partial charge in [-0.05, 0) is 24.3 Å². The Hall–Kier alpha value is -2.01. The van der Waals surface area contributed by atoms with Crippen LogP contribution in [0.25, 0.3) is 0 Å². The second-order valence-corrected chi connectivity index (χ2v) is 4.11. The zero-order chi connectivity index (χ0) is 14.0. The molecule has 0 aliphatic rings. The van der Waals surface area contributed by atoms with Gasteiger partial charge in [0.05, 0.1) is 5.69 Å². The largest absolute Gasteiger partial charge is 0.342 e. The maximum Gasteiger partial charge on any atom is 0.182 e. The molecule has 19 heavy (non-hydrogen) atoms. The van der Waals surface area contributed by atoms with E-state index < -0.39 is 17.5 Å². The van der Waals surface area contributed by atoms with Gasteiger partial charge < -0.3 is 10.6 Å². The number of hydrogen-bond acceptors (Lipinski definition) is 2. The smallest absolute Gasteiger partial charge is 0.182 e. The summed E-state index contributed by atoms with van der Waals surface area (Å²) in [7, 11) is 1.54. The third-order valence-corrected chi connectivity index (χ3v) is 2.92. The topological polar surface area (TPSA) is 29.3 Å². The Bertz CT molecular complexity index is 599.